The van der Waals surface area contributed by atoms with Gasteiger partial charge in [-0.2, -0.15) is 0 Å². The molecule has 4 nitrogen and oxygen atoms in total. The number of ketones is 4. The summed E-state index contributed by atoms with van der Waals surface area (Å²) in [5.41, 5.74) is 2.32. The van der Waals surface area contributed by atoms with Gasteiger partial charge in [0.15, 0.2) is 23.1 Å². The number of hydrogen-bond acceptors (Lipinski definition) is 4. The van der Waals surface area contributed by atoms with Crippen molar-refractivity contribution in [3.63, 3.8) is 0 Å². The van der Waals surface area contributed by atoms with Crippen LogP contribution in [0.25, 0.3) is 0 Å². The molecule has 0 aliphatic rings. The summed E-state index contributed by atoms with van der Waals surface area (Å²) in [6.45, 7) is 0. The van der Waals surface area contributed by atoms with Crippen molar-refractivity contribution in [2.24, 2.45) is 0 Å². The Kier molecular flexibility index (Phi) is 14.3. The summed E-state index contributed by atoms with van der Waals surface area (Å²) < 4.78 is 3.08. The molecule has 0 bridgehead atoms. The van der Waals surface area contributed by atoms with Gasteiger partial charge in [-0.15, -0.1) is 0 Å². The normalized spacial score (nSPS) is 9.87. The molecule has 0 amide bonds. The molecule has 0 aliphatic heterocycles. The van der Waals surface area contributed by atoms with Gasteiger partial charge in [-0.3, -0.25) is 19.2 Å². The van der Waals surface area contributed by atoms with Crippen molar-refractivity contribution in [2.45, 2.75) is 12.8 Å². The van der Waals surface area contributed by atoms with Crippen LogP contribution in [0.15, 0.2) is 182 Å². The molecule has 6 aromatic rings. The quantitative estimate of drug-likeness (QED) is 0.0830. The van der Waals surface area contributed by atoms with E-state index in [0.29, 0.717) is 22.3 Å². The van der Waals surface area contributed by atoms with E-state index in [1.807, 2.05) is 24.3 Å². The molecule has 0 saturated carbocycles. The summed E-state index contributed by atoms with van der Waals surface area (Å²) in [6, 6.07) is 57.1. The summed E-state index contributed by atoms with van der Waals surface area (Å²) in [6.07, 6.45) is -0.151. The minimum atomic E-state index is -0.517. The van der Waals surface area contributed by atoms with Crippen molar-refractivity contribution in [1.82, 2.24) is 0 Å². The van der Waals surface area contributed by atoms with Gasteiger partial charge < -0.3 is 0 Å². The van der Waals surface area contributed by atoms with Gasteiger partial charge in [0.2, 0.25) is 0 Å². The van der Waals surface area contributed by atoms with Gasteiger partial charge in [0, 0.05) is 22.3 Å². The molecule has 0 unspecified atom stereocenters. The zero-order chi connectivity index (χ0) is 33.1. The zero-order valence-electron chi connectivity index (χ0n) is 25.9. The molecule has 6 aromatic carbocycles. The minimum absolute atomic E-state index is 0.0754. The third-order valence-electron chi connectivity index (χ3n) is 6.86. The number of hydrogen-bond donors (Lipinski definition) is 0. The molecule has 0 aromatic heterocycles. The summed E-state index contributed by atoms with van der Waals surface area (Å²) in [4.78, 5) is 47.2. The zero-order valence-corrected chi connectivity index (χ0v) is 28.7. The van der Waals surface area contributed by atoms with Gasteiger partial charge in [0.1, 0.15) is 0 Å². The van der Waals surface area contributed by atoms with E-state index in [1.165, 1.54) is 7.16 Å². The number of rotatable bonds is 10. The maximum atomic E-state index is 11.8. The number of carbonyl (C=O) groups is 4. The second-order valence-electron chi connectivity index (χ2n) is 10.4. The van der Waals surface area contributed by atoms with Crippen LogP contribution in [0.5, 0.6) is 0 Å². The molecule has 0 N–H and O–H groups in total. The van der Waals surface area contributed by atoms with Crippen LogP contribution >= 0.6 is 0 Å². The molecule has 6 rings (SSSR count). The van der Waals surface area contributed by atoms with E-state index in [9.17, 15) is 19.2 Å². The van der Waals surface area contributed by atoms with Crippen molar-refractivity contribution in [3.05, 3.63) is 204 Å². The molecule has 0 fully saturated rings. The van der Waals surface area contributed by atoms with Crippen LogP contribution < -0.4 is 7.16 Å². The molecule has 2 radical (unpaired) electrons. The summed E-state index contributed by atoms with van der Waals surface area (Å²) in [5, 5.41) is 0. The van der Waals surface area contributed by atoms with Crippen molar-refractivity contribution in [3.8, 4) is 0 Å². The van der Waals surface area contributed by atoms with E-state index in [4.69, 9.17) is 0 Å². The average molecular weight is 721 g/mol. The first kappa shape index (κ1) is 34.7. The number of benzene rings is 6. The van der Waals surface area contributed by atoms with Crippen molar-refractivity contribution in [2.75, 3.05) is 0 Å². The maximum absolute atomic E-state index is 11.8. The van der Waals surface area contributed by atoms with Crippen molar-refractivity contribution < 1.29 is 19.2 Å². The van der Waals surface area contributed by atoms with Crippen LogP contribution in [0.2, 0.25) is 0 Å². The van der Waals surface area contributed by atoms with E-state index in [0.717, 1.165) is 0 Å². The second kappa shape index (κ2) is 19.3. The summed E-state index contributed by atoms with van der Waals surface area (Å²) >= 11 is -0.517. The fourth-order valence-corrected chi connectivity index (χ4v) is 7.41. The number of Topliss-reactive ketones (excluding diaryl/α,β-unsaturated/α-hetero) is 4. The molecular weight excluding hydrogens is 687 g/mol. The molecule has 0 saturated heterocycles. The Morgan fingerprint density at radius 1 is 0.298 bits per heavy atom. The van der Waals surface area contributed by atoms with Crippen LogP contribution in [-0.4, -0.2) is 44.3 Å². The van der Waals surface area contributed by atoms with Crippen LogP contribution in [0.1, 0.15) is 54.3 Å². The molecule has 0 spiro atoms. The first-order valence-corrected chi connectivity index (χ1v) is 18.0. The Bertz CT molecular complexity index is 1590. The van der Waals surface area contributed by atoms with Gasteiger partial charge in [0.25, 0.3) is 0 Å². The molecular formula is C42H34O4Sn. The van der Waals surface area contributed by atoms with Crippen LogP contribution in [0.4, 0.5) is 0 Å². The molecule has 0 heterocycles. The topological polar surface area (TPSA) is 68.3 Å². The van der Waals surface area contributed by atoms with E-state index in [1.54, 1.807) is 97.1 Å². The predicted molar refractivity (Wildman–Crippen MR) is 190 cm³/mol. The van der Waals surface area contributed by atoms with E-state index in [2.05, 4.69) is 60.7 Å². The Balaban J connectivity index is 0.000000161. The molecule has 0 atom stereocenters. The Morgan fingerprint density at radius 2 is 0.489 bits per heavy atom. The predicted octanol–water partition coefficient (Wildman–Crippen LogP) is 7.63. The third-order valence-corrected chi connectivity index (χ3v) is 10.4. The summed E-state index contributed by atoms with van der Waals surface area (Å²) in [7, 11) is 0. The average Bonchev–Trinajstić information content (AvgIpc) is 3.14. The standard InChI is InChI=1S/2C15H12O2.2C6H5.Sn/c2*16-14(12-7-3-1-4-8-12)11-15(17)13-9-5-2-6-10-13;2*1-2-4-6-5-3-1;/h2*1-10H,11H2;2*1-5H;. The van der Waals surface area contributed by atoms with E-state index < -0.39 is 21.1 Å². The molecule has 230 valence electrons. The first-order chi connectivity index (χ1) is 23.0. The summed E-state index contributed by atoms with van der Waals surface area (Å²) in [5.74, 6) is -0.558. The Hall–Kier alpha value is -5.20. The van der Waals surface area contributed by atoms with Crippen LogP contribution in [0, 0.1) is 0 Å². The van der Waals surface area contributed by atoms with Gasteiger partial charge in [-0.25, -0.2) is 0 Å². The SMILES string of the molecule is O=C(CC(=O)c1ccccc1)c1ccccc1.O=C(CC(=O)c1ccccc1)c1ccccc1.c1cc[c]([Sn][c]2ccccc2)cc1. The molecule has 47 heavy (non-hydrogen) atoms. The fraction of sp³-hybridized carbons (Fsp3) is 0.0476. The van der Waals surface area contributed by atoms with Crippen LogP contribution in [0.3, 0.4) is 0 Å². The number of carbonyl (C=O) groups excluding carboxylic acids is 4. The second-order valence-corrected chi connectivity index (χ2v) is 14.4. The Morgan fingerprint density at radius 3 is 0.702 bits per heavy atom. The molecule has 5 heteroatoms. The third kappa shape index (κ3) is 12.3. The van der Waals surface area contributed by atoms with E-state index in [-0.39, 0.29) is 36.0 Å². The van der Waals surface area contributed by atoms with Gasteiger partial charge in [0.05, 0.1) is 12.8 Å². The monoisotopic (exact) mass is 722 g/mol. The fourth-order valence-electron chi connectivity index (χ4n) is 4.41. The van der Waals surface area contributed by atoms with Gasteiger partial charge in [-0.05, 0) is 0 Å². The van der Waals surface area contributed by atoms with Gasteiger partial charge in [-0.1, -0.05) is 121 Å². The van der Waals surface area contributed by atoms with Crippen LogP contribution in [-0.2, 0) is 0 Å². The van der Waals surface area contributed by atoms with Gasteiger partial charge >= 0.3 is 89.0 Å². The van der Waals surface area contributed by atoms with E-state index >= 15 is 0 Å². The Labute approximate surface area is 286 Å². The van der Waals surface area contributed by atoms with Crippen molar-refractivity contribution in [1.29, 1.82) is 0 Å². The first-order valence-electron chi connectivity index (χ1n) is 15.2. The van der Waals surface area contributed by atoms with Crippen molar-refractivity contribution >= 4 is 51.4 Å². The molecule has 0 aliphatic carbocycles.